The van der Waals surface area contributed by atoms with E-state index in [-0.39, 0.29) is 5.78 Å². The maximum Gasteiger partial charge on any atom is 0.159 e. The second kappa shape index (κ2) is 5.53. The molecule has 0 bridgehead atoms. The van der Waals surface area contributed by atoms with E-state index in [2.05, 4.69) is 0 Å². The van der Waals surface area contributed by atoms with Crippen molar-refractivity contribution in [3.05, 3.63) is 58.6 Å². The second-order valence-electron chi connectivity index (χ2n) is 4.32. The predicted octanol–water partition coefficient (Wildman–Crippen LogP) is 3.16. The van der Waals surface area contributed by atoms with Crippen LogP contribution in [0, 0.1) is 0 Å². The number of hydrogen-bond acceptors (Lipinski definition) is 3. The highest BCUT2D eigenvalue weighted by Gasteiger charge is 2.09. The summed E-state index contributed by atoms with van der Waals surface area (Å²) in [6.07, 6.45) is -1.03. The highest BCUT2D eigenvalue weighted by Crippen LogP contribution is 2.30. The van der Waals surface area contributed by atoms with Crippen LogP contribution >= 0.6 is 11.6 Å². The van der Waals surface area contributed by atoms with Crippen molar-refractivity contribution in [1.29, 1.82) is 0 Å². The molecule has 98 valence electrons. The molecule has 0 saturated carbocycles. The topological polar surface area (TPSA) is 63.3 Å². The first-order valence-electron chi connectivity index (χ1n) is 5.83. The van der Waals surface area contributed by atoms with Crippen LogP contribution in [0.4, 0.5) is 0 Å². The zero-order chi connectivity index (χ0) is 14.0. The third kappa shape index (κ3) is 3.01. The van der Waals surface area contributed by atoms with Gasteiger partial charge in [-0.2, -0.15) is 0 Å². The summed E-state index contributed by atoms with van der Waals surface area (Å²) in [5, 5.41) is 9.95. The van der Waals surface area contributed by atoms with Crippen LogP contribution in [0.3, 0.4) is 0 Å². The molecule has 0 heterocycles. The number of carbonyl (C=O) groups excluding carboxylic acids is 1. The second-order valence-corrected chi connectivity index (χ2v) is 4.73. The van der Waals surface area contributed by atoms with E-state index in [9.17, 15) is 9.90 Å². The minimum Gasteiger partial charge on any atom is -0.375 e. The molecule has 1 atom stereocenters. The van der Waals surface area contributed by atoms with Crippen LogP contribution in [-0.4, -0.2) is 10.9 Å². The van der Waals surface area contributed by atoms with Crippen molar-refractivity contribution in [2.45, 2.75) is 13.2 Å². The van der Waals surface area contributed by atoms with Crippen LogP contribution in [0.5, 0.6) is 0 Å². The molecular weight excluding hydrogens is 262 g/mol. The molecule has 3 nitrogen and oxygen atoms in total. The maximum atomic E-state index is 11.4. The summed E-state index contributed by atoms with van der Waals surface area (Å²) in [6.45, 7) is 1.51. The number of benzene rings is 2. The van der Waals surface area contributed by atoms with E-state index in [1.807, 2.05) is 6.07 Å². The largest absolute Gasteiger partial charge is 0.375 e. The van der Waals surface area contributed by atoms with Crippen molar-refractivity contribution in [1.82, 2.24) is 0 Å². The van der Waals surface area contributed by atoms with Gasteiger partial charge < -0.3 is 10.8 Å². The molecule has 0 saturated heterocycles. The smallest absolute Gasteiger partial charge is 0.159 e. The zero-order valence-electron chi connectivity index (χ0n) is 10.4. The number of halogens is 1. The fraction of sp³-hybridized carbons (Fsp3) is 0.133. The number of carbonyl (C=O) groups is 1. The molecule has 2 rings (SSSR count). The van der Waals surface area contributed by atoms with Crippen LogP contribution in [0.25, 0.3) is 11.1 Å². The van der Waals surface area contributed by atoms with Crippen molar-refractivity contribution in [2.75, 3.05) is 0 Å². The molecule has 3 N–H and O–H groups in total. The summed E-state index contributed by atoms with van der Waals surface area (Å²) in [6, 6.07) is 12.3. The molecule has 0 aliphatic rings. The van der Waals surface area contributed by atoms with Gasteiger partial charge in [-0.25, -0.2) is 0 Å². The normalized spacial score (nSPS) is 12.2. The molecule has 2 aromatic rings. The molecule has 4 heteroatoms. The molecule has 0 aromatic heterocycles. The van der Waals surface area contributed by atoms with E-state index >= 15 is 0 Å². The molecule has 0 fully saturated rings. The molecule has 0 amide bonds. The Morgan fingerprint density at radius 2 is 2.00 bits per heavy atom. The van der Waals surface area contributed by atoms with Gasteiger partial charge in [0.25, 0.3) is 0 Å². The van der Waals surface area contributed by atoms with Crippen LogP contribution < -0.4 is 5.73 Å². The van der Waals surface area contributed by atoms with Crippen molar-refractivity contribution in [3.63, 3.8) is 0 Å². The lowest BCUT2D eigenvalue weighted by Crippen LogP contribution is -2.08. The first-order valence-corrected chi connectivity index (χ1v) is 6.21. The number of nitrogens with two attached hydrogens (primary N) is 1. The SMILES string of the molecule is CC(=O)c1ccc(Cl)c(-c2cccc(C(N)O)c2)c1. The highest BCUT2D eigenvalue weighted by atomic mass is 35.5. The maximum absolute atomic E-state index is 11.4. The lowest BCUT2D eigenvalue weighted by Gasteiger charge is -2.10. The van der Waals surface area contributed by atoms with Gasteiger partial charge in [-0.05, 0) is 42.3 Å². The summed E-state index contributed by atoms with van der Waals surface area (Å²) in [5.41, 5.74) is 8.20. The summed E-state index contributed by atoms with van der Waals surface area (Å²) < 4.78 is 0. The van der Waals surface area contributed by atoms with Crippen molar-refractivity contribution in [3.8, 4) is 11.1 Å². The van der Waals surface area contributed by atoms with Gasteiger partial charge in [0.2, 0.25) is 0 Å². The minimum absolute atomic E-state index is 0.0204. The molecule has 0 aliphatic heterocycles. The summed E-state index contributed by atoms with van der Waals surface area (Å²) in [7, 11) is 0. The van der Waals surface area contributed by atoms with Crippen molar-refractivity contribution >= 4 is 17.4 Å². The average Bonchev–Trinajstić information content (AvgIpc) is 2.39. The molecule has 1 unspecified atom stereocenters. The Balaban J connectivity index is 2.54. The lowest BCUT2D eigenvalue weighted by molar-refractivity contribution is 0.101. The quantitative estimate of drug-likeness (QED) is 0.668. The van der Waals surface area contributed by atoms with Gasteiger partial charge in [-0.15, -0.1) is 0 Å². The fourth-order valence-electron chi connectivity index (χ4n) is 1.86. The first kappa shape index (κ1) is 13.7. The van der Waals surface area contributed by atoms with E-state index in [1.54, 1.807) is 36.4 Å². The average molecular weight is 276 g/mol. The summed E-state index contributed by atoms with van der Waals surface area (Å²) in [5.74, 6) is -0.0204. The number of ketones is 1. The number of Topliss-reactive ketones (excluding diaryl/α,β-unsaturated/α-hetero) is 1. The first-order chi connectivity index (χ1) is 8.99. The van der Waals surface area contributed by atoms with Crippen LogP contribution in [0.1, 0.15) is 29.1 Å². The Kier molecular flexibility index (Phi) is 4.00. The Bertz CT molecular complexity index is 623. The monoisotopic (exact) mass is 275 g/mol. The highest BCUT2D eigenvalue weighted by molar-refractivity contribution is 6.33. The van der Waals surface area contributed by atoms with Gasteiger partial charge in [0.1, 0.15) is 6.23 Å². The van der Waals surface area contributed by atoms with Gasteiger partial charge in [-0.1, -0.05) is 29.8 Å². The van der Waals surface area contributed by atoms with E-state index in [0.717, 1.165) is 11.1 Å². The van der Waals surface area contributed by atoms with E-state index < -0.39 is 6.23 Å². The van der Waals surface area contributed by atoms with E-state index in [1.165, 1.54) is 6.92 Å². The molecule has 0 aliphatic carbocycles. The summed E-state index contributed by atoms with van der Waals surface area (Å²) in [4.78, 5) is 11.4. The van der Waals surface area contributed by atoms with Gasteiger partial charge in [0, 0.05) is 16.1 Å². The van der Waals surface area contributed by atoms with Crippen LogP contribution in [0.2, 0.25) is 5.02 Å². The predicted molar refractivity (Wildman–Crippen MR) is 76.0 cm³/mol. The minimum atomic E-state index is -1.03. The van der Waals surface area contributed by atoms with Gasteiger partial charge in [0.15, 0.2) is 5.78 Å². The van der Waals surface area contributed by atoms with Crippen molar-refractivity contribution < 1.29 is 9.90 Å². The van der Waals surface area contributed by atoms with Crippen LogP contribution in [0.15, 0.2) is 42.5 Å². The fourth-order valence-corrected chi connectivity index (χ4v) is 2.08. The number of aliphatic hydroxyl groups is 1. The molecule has 0 spiro atoms. The van der Waals surface area contributed by atoms with E-state index in [4.69, 9.17) is 17.3 Å². The third-order valence-corrected chi connectivity index (χ3v) is 3.24. The zero-order valence-corrected chi connectivity index (χ0v) is 11.2. The lowest BCUT2D eigenvalue weighted by atomic mass is 9.99. The van der Waals surface area contributed by atoms with Gasteiger partial charge in [-0.3, -0.25) is 4.79 Å². The van der Waals surface area contributed by atoms with Gasteiger partial charge >= 0.3 is 0 Å². The van der Waals surface area contributed by atoms with E-state index in [0.29, 0.717) is 16.1 Å². The standard InChI is InChI=1S/C15H14ClNO2/c1-9(18)10-5-6-14(16)13(8-10)11-3-2-4-12(7-11)15(17)19/h2-8,15,19H,17H2,1H3. The molecular formula is C15H14ClNO2. The Morgan fingerprint density at radius 1 is 1.26 bits per heavy atom. The van der Waals surface area contributed by atoms with Crippen molar-refractivity contribution in [2.24, 2.45) is 5.73 Å². The Morgan fingerprint density at radius 3 is 2.63 bits per heavy atom. The third-order valence-electron chi connectivity index (χ3n) is 2.91. The number of rotatable bonds is 3. The van der Waals surface area contributed by atoms with Gasteiger partial charge in [0.05, 0.1) is 0 Å². The molecule has 0 radical (unpaired) electrons. The molecule has 2 aromatic carbocycles. The summed E-state index contributed by atoms with van der Waals surface area (Å²) >= 11 is 6.16. The van der Waals surface area contributed by atoms with Crippen LogP contribution in [-0.2, 0) is 0 Å². The number of hydrogen-bond donors (Lipinski definition) is 2. The number of aliphatic hydroxyl groups excluding tert-OH is 1. The Hall–Kier alpha value is -1.68. The molecule has 19 heavy (non-hydrogen) atoms. The Labute approximate surface area is 116 Å².